The maximum absolute atomic E-state index is 11.9. The van der Waals surface area contributed by atoms with Gasteiger partial charge in [-0.25, -0.2) is 4.79 Å². The quantitative estimate of drug-likeness (QED) is 0.494. The van der Waals surface area contributed by atoms with Crippen LogP contribution in [0.5, 0.6) is 0 Å². The summed E-state index contributed by atoms with van der Waals surface area (Å²) in [5, 5.41) is 17.7. The number of aliphatic carboxylic acids is 1. The Hall–Kier alpha value is -1.04. The Morgan fingerprint density at radius 2 is 2.00 bits per heavy atom. The molecule has 0 aliphatic heterocycles. The van der Waals surface area contributed by atoms with Gasteiger partial charge < -0.3 is 10.2 Å². The third kappa shape index (κ3) is 3.04. The summed E-state index contributed by atoms with van der Waals surface area (Å²) in [4.78, 5) is 23.2. The molecule has 0 aliphatic carbocycles. The zero-order chi connectivity index (χ0) is 13.9. The number of carbonyl (C=O) groups is 2. The van der Waals surface area contributed by atoms with E-state index in [1.807, 2.05) is 0 Å². The number of benzene rings is 1. The number of hydrogen-bond donors (Lipinski definition) is 2. The van der Waals surface area contributed by atoms with Gasteiger partial charge in [0.15, 0.2) is 11.9 Å². The van der Waals surface area contributed by atoms with Crippen molar-refractivity contribution in [3.05, 3.63) is 29.3 Å². The van der Waals surface area contributed by atoms with Gasteiger partial charge in [-0.3, -0.25) is 4.79 Å². The SMILES string of the molecule is CSc1c(C(=O)C(C)Cl)cccc1C(O)C(=O)O. The number of aliphatic hydroxyl groups excluding tert-OH is 1. The van der Waals surface area contributed by atoms with E-state index >= 15 is 0 Å². The zero-order valence-corrected chi connectivity index (χ0v) is 11.5. The molecular formula is C12H13ClO4S. The molecule has 1 aromatic carbocycles. The standard InChI is InChI=1S/C12H13ClO4S/c1-6(13)9(14)7-4-3-5-8(11(7)18-2)10(15)12(16)17/h3-6,10,15H,1-2H3,(H,16,17). The van der Waals surface area contributed by atoms with Crippen LogP contribution in [0.3, 0.4) is 0 Å². The molecule has 0 bridgehead atoms. The van der Waals surface area contributed by atoms with E-state index in [4.69, 9.17) is 16.7 Å². The smallest absolute Gasteiger partial charge is 0.337 e. The normalized spacial score (nSPS) is 14.0. The first-order valence-corrected chi connectivity index (χ1v) is 6.82. The van der Waals surface area contributed by atoms with Crippen molar-refractivity contribution in [1.29, 1.82) is 0 Å². The number of carbonyl (C=O) groups excluding carboxylic acids is 1. The molecule has 0 saturated carbocycles. The Morgan fingerprint density at radius 1 is 1.39 bits per heavy atom. The Morgan fingerprint density at radius 3 is 2.44 bits per heavy atom. The third-order valence-corrected chi connectivity index (χ3v) is 3.47. The minimum Gasteiger partial charge on any atom is -0.479 e. The highest BCUT2D eigenvalue weighted by molar-refractivity contribution is 7.98. The van der Waals surface area contributed by atoms with Crippen molar-refractivity contribution in [1.82, 2.24) is 0 Å². The molecule has 0 heterocycles. The first-order valence-electron chi connectivity index (χ1n) is 5.16. The van der Waals surface area contributed by atoms with Crippen LogP contribution in [0.1, 0.15) is 28.9 Å². The van der Waals surface area contributed by atoms with E-state index in [1.165, 1.54) is 23.9 Å². The molecule has 6 heteroatoms. The summed E-state index contributed by atoms with van der Waals surface area (Å²) in [6, 6.07) is 4.60. The number of Topliss-reactive ketones (excluding diaryl/α,β-unsaturated/α-hetero) is 1. The van der Waals surface area contributed by atoms with Crippen molar-refractivity contribution in [2.75, 3.05) is 6.26 Å². The summed E-state index contributed by atoms with van der Waals surface area (Å²) in [7, 11) is 0. The average molecular weight is 289 g/mol. The van der Waals surface area contributed by atoms with Crippen LogP contribution in [0, 0.1) is 0 Å². The van der Waals surface area contributed by atoms with E-state index in [-0.39, 0.29) is 11.3 Å². The van der Waals surface area contributed by atoms with E-state index in [1.54, 1.807) is 19.2 Å². The number of carboxylic acids is 1. The lowest BCUT2D eigenvalue weighted by atomic mass is 10.0. The van der Waals surface area contributed by atoms with Gasteiger partial charge in [0.05, 0.1) is 5.38 Å². The molecule has 2 unspecified atom stereocenters. The fourth-order valence-corrected chi connectivity index (χ4v) is 2.46. The molecule has 0 radical (unpaired) electrons. The second kappa shape index (κ2) is 6.22. The lowest BCUT2D eigenvalue weighted by molar-refractivity contribution is -0.147. The van der Waals surface area contributed by atoms with Crippen LogP contribution >= 0.6 is 23.4 Å². The van der Waals surface area contributed by atoms with E-state index < -0.39 is 17.5 Å². The summed E-state index contributed by atoms with van der Waals surface area (Å²) in [5.74, 6) is -1.64. The maximum Gasteiger partial charge on any atom is 0.337 e. The first kappa shape index (κ1) is 15.0. The molecule has 2 atom stereocenters. The highest BCUT2D eigenvalue weighted by Crippen LogP contribution is 2.31. The Balaban J connectivity index is 3.35. The van der Waals surface area contributed by atoms with Crippen LogP contribution in [-0.4, -0.2) is 33.6 Å². The minimum atomic E-state index is -1.65. The highest BCUT2D eigenvalue weighted by Gasteiger charge is 2.24. The molecule has 0 saturated heterocycles. The summed E-state index contributed by atoms with van der Waals surface area (Å²) in [6.45, 7) is 1.55. The van der Waals surface area contributed by atoms with Crippen LogP contribution in [0.15, 0.2) is 23.1 Å². The molecule has 2 N–H and O–H groups in total. The van der Waals surface area contributed by atoms with Gasteiger partial charge in [0, 0.05) is 16.0 Å². The molecule has 0 aromatic heterocycles. The van der Waals surface area contributed by atoms with Crippen molar-refractivity contribution >= 4 is 35.1 Å². The number of aliphatic hydroxyl groups is 1. The number of halogens is 1. The number of alkyl halides is 1. The number of carboxylic acid groups (broad SMARTS) is 1. The van der Waals surface area contributed by atoms with E-state index in [9.17, 15) is 14.7 Å². The molecule has 0 aliphatic rings. The summed E-state index contributed by atoms with van der Waals surface area (Å²) < 4.78 is 0. The molecule has 18 heavy (non-hydrogen) atoms. The number of hydrogen-bond acceptors (Lipinski definition) is 4. The van der Waals surface area contributed by atoms with Crippen LogP contribution in [0.25, 0.3) is 0 Å². The Labute approximate surface area is 114 Å². The van der Waals surface area contributed by atoms with Gasteiger partial charge in [0.25, 0.3) is 0 Å². The van der Waals surface area contributed by atoms with Gasteiger partial charge in [-0.15, -0.1) is 23.4 Å². The molecular weight excluding hydrogens is 276 g/mol. The summed E-state index contributed by atoms with van der Waals surface area (Å²) >= 11 is 6.96. The molecule has 98 valence electrons. The zero-order valence-electron chi connectivity index (χ0n) is 9.88. The molecule has 1 rings (SSSR count). The predicted molar refractivity (Wildman–Crippen MR) is 70.5 cm³/mol. The number of rotatable bonds is 5. The van der Waals surface area contributed by atoms with Crippen LogP contribution in [0.4, 0.5) is 0 Å². The van der Waals surface area contributed by atoms with E-state index in [0.29, 0.717) is 10.5 Å². The van der Waals surface area contributed by atoms with Gasteiger partial charge in [0.2, 0.25) is 0 Å². The third-order valence-electron chi connectivity index (χ3n) is 2.40. The number of ketones is 1. The fourth-order valence-electron chi connectivity index (χ4n) is 1.54. The van der Waals surface area contributed by atoms with Crippen molar-refractivity contribution in [3.8, 4) is 0 Å². The average Bonchev–Trinajstić information content (AvgIpc) is 2.35. The largest absolute Gasteiger partial charge is 0.479 e. The first-order chi connectivity index (χ1) is 8.40. The second-order valence-corrected chi connectivity index (χ2v) is 5.12. The van der Waals surface area contributed by atoms with E-state index in [2.05, 4.69) is 0 Å². The highest BCUT2D eigenvalue weighted by atomic mass is 35.5. The summed E-state index contributed by atoms with van der Waals surface area (Å²) in [6.07, 6.45) is 0.0640. The van der Waals surface area contributed by atoms with Gasteiger partial charge >= 0.3 is 5.97 Å². The van der Waals surface area contributed by atoms with Gasteiger partial charge in [-0.1, -0.05) is 18.2 Å². The van der Waals surface area contributed by atoms with Crippen molar-refractivity contribution in [2.24, 2.45) is 0 Å². The fraction of sp³-hybridized carbons (Fsp3) is 0.333. The van der Waals surface area contributed by atoms with Crippen molar-refractivity contribution in [3.63, 3.8) is 0 Å². The second-order valence-electron chi connectivity index (χ2n) is 3.65. The molecule has 0 spiro atoms. The molecule has 1 aromatic rings. The van der Waals surface area contributed by atoms with Gasteiger partial charge in [-0.05, 0) is 13.2 Å². The number of thioether (sulfide) groups is 1. The maximum atomic E-state index is 11.9. The molecule has 0 amide bonds. The van der Waals surface area contributed by atoms with Crippen molar-refractivity contribution < 1.29 is 19.8 Å². The molecule has 4 nitrogen and oxygen atoms in total. The van der Waals surface area contributed by atoms with Gasteiger partial charge in [0.1, 0.15) is 0 Å². The molecule has 0 fully saturated rings. The van der Waals surface area contributed by atoms with Crippen LogP contribution in [-0.2, 0) is 4.79 Å². The predicted octanol–water partition coefficient (Wildman–Crippen LogP) is 2.34. The van der Waals surface area contributed by atoms with Gasteiger partial charge in [-0.2, -0.15) is 0 Å². The van der Waals surface area contributed by atoms with Crippen molar-refractivity contribution in [2.45, 2.75) is 23.3 Å². The van der Waals surface area contributed by atoms with Crippen LogP contribution < -0.4 is 0 Å². The van der Waals surface area contributed by atoms with E-state index in [0.717, 1.165) is 0 Å². The van der Waals surface area contributed by atoms with Crippen LogP contribution in [0.2, 0.25) is 0 Å². The lowest BCUT2D eigenvalue weighted by Gasteiger charge is -2.15. The summed E-state index contributed by atoms with van der Waals surface area (Å²) in [5.41, 5.74) is 0.543. The topological polar surface area (TPSA) is 74.6 Å². The Bertz CT molecular complexity index is 473. The Kier molecular flexibility index (Phi) is 5.19. The minimum absolute atomic E-state index is 0.207. The lowest BCUT2D eigenvalue weighted by Crippen LogP contribution is -2.16. The monoisotopic (exact) mass is 288 g/mol.